The highest BCUT2D eigenvalue weighted by Crippen LogP contribution is 2.34. The molecule has 2 aromatic carbocycles. The molecule has 0 saturated heterocycles. The number of nitrogens with zero attached hydrogens (tertiary/aromatic N) is 1. The second-order valence-electron chi connectivity index (χ2n) is 4.89. The van der Waals surface area contributed by atoms with Crippen molar-refractivity contribution in [2.75, 3.05) is 0 Å². The highest BCUT2D eigenvalue weighted by atomic mass is 35.5. The molecule has 0 atom stereocenters. The van der Waals surface area contributed by atoms with E-state index in [0.29, 0.717) is 27.4 Å². The quantitative estimate of drug-likeness (QED) is 0.572. The van der Waals surface area contributed by atoms with E-state index in [-0.39, 0.29) is 5.82 Å². The second-order valence-corrected chi connectivity index (χ2v) is 6.15. The lowest BCUT2D eigenvalue weighted by Gasteiger charge is -2.00. The van der Waals surface area contributed by atoms with Gasteiger partial charge in [0.15, 0.2) is 5.58 Å². The van der Waals surface area contributed by atoms with E-state index in [1.54, 1.807) is 24.3 Å². The maximum atomic E-state index is 13.0. The molecular formula is C16H8ClFN2O2S. The summed E-state index contributed by atoms with van der Waals surface area (Å²) in [5, 5.41) is 3.08. The van der Waals surface area contributed by atoms with E-state index >= 15 is 0 Å². The van der Waals surface area contributed by atoms with Crippen LogP contribution in [0.2, 0.25) is 5.02 Å². The zero-order valence-corrected chi connectivity index (χ0v) is 13.0. The van der Waals surface area contributed by atoms with Crippen molar-refractivity contribution in [1.29, 1.82) is 0 Å². The van der Waals surface area contributed by atoms with Gasteiger partial charge >= 0.3 is 5.76 Å². The summed E-state index contributed by atoms with van der Waals surface area (Å²) in [7, 11) is 0. The van der Waals surface area contributed by atoms with Gasteiger partial charge in [-0.05, 0) is 36.4 Å². The molecule has 0 spiro atoms. The third kappa shape index (κ3) is 2.56. The Hall–Kier alpha value is -2.44. The topological polar surface area (TPSA) is 58.9 Å². The molecule has 2 aromatic heterocycles. The largest absolute Gasteiger partial charge is 0.417 e. The lowest BCUT2D eigenvalue weighted by atomic mass is 10.1. The fourth-order valence-corrected chi connectivity index (χ4v) is 3.38. The van der Waals surface area contributed by atoms with E-state index in [2.05, 4.69) is 9.97 Å². The van der Waals surface area contributed by atoms with Gasteiger partial charge in [0.25, 0.3) is 0 Å². The first-order valence-corrected chi connectivity index (χ1v) is 7.90. The van der Waals surface area contributed by atoms with Crippen LogP contribution >= 0.6 is 22.9 Å². The van der Waals surface area contributed by atoms with Crippen molar-refractivity contribution < 1.29 is 8.81 Å². The highest BCUT2D eigenvalue weighted by Gasteiger charge is 2.13. The molecule has 0 bridgehead atoms. The number of aromatic nitrogens is 2. The maximum Gasteiger partial charge on any atom is 0.417 e. The summed E-state index contributed by atoms with van der Waals surface area (Å²) in [6, 6.07) is 9.45. The first kappa shape index (κ1) is 14.2. The Labute approximate surface area is 138 Å². The number of rotatable bonds is 2. The van der Waals surface area contributed by atoms with Crippen LogP contribution in [0.1, 0.15) is 0 Å². The number of halogens is 2. The first-order chi connectivity index (χ1) is 11.1. The van der Waals surface area contributed by atoms with E-state index in [4.69, 9.17) is 16.0 Å². The van der Waals surface area contributed by atoms with Crippen LogP contribution in [0.25, 0.3) is 32.9 Å². The minimum Gasteiger partial charge on any atom is -0.408 e. The molecule has 0 amide bonds. The Kier molecular flexibility index (Phi) is 3.28. The Morgan fingerprint density at radius 2 is 2.00 bits per heavy atom. The van der Waals surface area contributed by atoms with Gasteiger partial charge in [0.2, 0.25) is 0 Å². The van der Waals surface area contributed by atoms with Gasteiger partial charge in [0.05, 0.1) is 16.2 Å². The molecule has 0 fully saturated rings. The molecule has 114 valence electrons. The minimum absolute atomic E-state index is 0.290. The number of hydrogen-bond donors (Lipinski definition) is 1. The minimum atomic E-state index is -0.529. The predicted molar refractivity (Wildman–Crippen MR) is 88.3 cm³/mol. The molecule has 2 heterocycles. The lowest BCUT2D eigenvalue weighted by molar-refractivity contribution is 0.555. The summed E-state index contributed by atoms with van der Waals surface area (Å²) in [4.78, 5) is 18.3. The fourth-order valence-electron chi connectivity index (χ4n) is 2.29. The third-order valence-electron chi connectivity index (χ3n) is 3.38. The van der Waals surface area contributed by atoms with Crippen molar-refractivity contribution >= 4 is 34.0 Å². The average molecular weight is 347 g/mol. The summed E-state index contributed by atoms with van der Waals surface area (Å²) in [5.74, 6) is -0.819. The van der Waals surface area contributed by atoms with Crippen LogP contribution < -0.4 is 5.76 Å². The number of hydrogen-bond acceptors (Lipinski definition) is 4. The molecule has 7 heteroatoms. The highest BCUT2D eigenvalue weighted by molar-refractivity contribution is 7.13. The van der Waals surface area contributed by atoms with Gasteiger partial charge in [-0.25, -0.2) is 14.2 Å². The van der Waals surface area contributed by atoms with Crippen LogP contribution in [0.15, 0.2) is 51.0 Å². The SMILES string of the molecule is O=c1[nH]c2cc(Cl)c(-c3csc(-c4ccc(F)cc4)n3)cc2o1. The third-order valence-corrected chi connectivity index (χ3v) is 4.58. The molecule has 0 aliphatic heterocycles. The summed E-state index contributed by atoms with van der Waals surface area (Å²) in [5.41, 5.74) is 3.13. The molecule has 0 aliphatic rings. The van der Waals surface area contributed by atoms with E-state index in [1.807, 2.05) is 5.38 Å². The standard InChI is InChI=1S/C16H8ClFN2O2S/c17-11-6-12-14(22-16(21)20-12)5-10(11)13-7-23-15(19-13)8-1-3-9(18)4-2-8/h1-7H,(H,20,21). The van der Waals surface area contributed by atoms with Gasteiger partial charge in [-0.1, -0.05) is 11.6 Å². The first-order valence-electron chi connectivity index (χ1n) is 6.64. The molecule has 0 aliphatic carbocycles. The second kappa shape index (κ2) is 5.33. The number of aromatic amines is 1. The van der Waals surface area contributed by atoms with E-state index in [1.165, 1.54) is 23.5 Å². The Bertz CT molecular complexity index is 1070. The smallest absolute Gasteiger partial charge is 0.408 e. The van der Waals surface area contributed by atoms with Gasteiger partial charge in [0, 0.05) is 16.5 Å². The molecule has 23 heavy (non-hydrogen) atoms. The Balaban J connectivity index is 1.80. The molecule has 0 radical (unpaired) electrons. The molecule has 0 saturated carbocycles. The molecule has 0 unspecified atom stereocenters. The van der Waals surface area contributed by atoms with Crippen molar-refractivity contribution in [2.45, 2.75) is 0 Å². The average Bonchev–Trinajstić information content (AvgIpc) is 3.12. The number of benzene rings is 2. The summed E-state index contributed by atoms with van der Waals surface area (Å²) >= 11 is 7.70. The summed E-state index contributed by atoms with van der Waals surface area (Å²) in [6.45, 7) is 0. The predicted octanol–water partition coefficient (Wildman–Crippen LogP) is 4.70. The van der Waals surface area contributed by atoms with Crippen LogP contribution in [0, 0.1) is 5.82 Å². The molecule has 4 aromatic rings. The van der Waals surface area contributed by atoms with Crippen molar-refractivity contribution in [2.24, 2.45) is 0 Å². The summed E-state index contributed by atoms with van der Waals surface area (Å²) < 4.78 is 18.1. The Morgan fingerprint density at radius 1 is 1.22 bits per heavy atom. The van der Waals surface area contributed by atoms with Crippen molar-refractivity contribution in [3.8, 4) is 21.8 Å². The van der Waals surface area contributed by atoms with Crippen molar-refractivity contribution in [1.82, 2.24) is 9.97 Å². The van der Waals surface area contributed by atoms with E-state index in [0.717, 1.165) is 10.6 Å². The maximum absolute atomic E-state index is 13.0. The normalized spacial score (nSPS) is 11.2. The van der Waals surface area contributed by atoms with E-state index < -0.39 is 5.76 Å². The van der Waals surface area contributed by atoms with Gasteiger partial charge in [-0.15, -0.1) is 11.3 Å². The number of oxazole rings is 1. The molecular weight excluding hydrogens is 339 g/mol. The molecule has 4 nitrogen and oxygen atoms in total. The zero-order valence-electron chi connectivity index (χ0n) is 11.5. The monoisotopic (exact) mass is 346 g/mol. The van der Waals surface area contributed by atoms with Crippen molar-refractivity contribution in [3.63, 3.8) is 0 Å². The number of nitrogens with one attached hydrogen (secondary N) is 1. The molecule has 4 rings (SSSR count). The van der Waals surface area contributed by atoms with Crippen LogP contribution in [0.4, 0.5) is 4.39 Å². The number of fused-ring (bicyclic) bond motifs is 1. The zero-order chi connectivity index (χ0) is 16.0. The fraction of sp³-hybridized carbons (Fsp3) is 0. The van der Waals surface area contributed by atoms with E-state index in [9.17, 15) is 9.18 Å². The Morgan fingerprint density at radius 3 is 2.78 bits per heavy atom. The van der Waals surface area contributed by atoms with Crippen LogP contribution in [0.3, 0.4) is 0 Å². The van der Waals surface area contributed by atoms with Crippen LogP contribution in [-0.4, -0.2) is 9.97 Å². The number of H-pyrrole nitrogens is 1. The lowest BCUT2D eigenvalue weighted by Crippen LogP contribution is -1.92. The summed E-state index contributed by atoms with van der Waals surface area (Å²) in [6.07, 6.45) is 0. The molecule has 1 N–H and O–H groups in total. The van der Waals surface area contributed by atoms with Crippen LogP contribution in [0.5, 0.6) is 0 Å². The van der Waals surface area contributed by atoms with Gasteiger partial charge in [-0.3, -0.25) is 4.98 Å². The van der Waals surface area contributed by atoms with Gasteiger partial charge in [0.1, 0.15) is 10.8 Å². The van der Waals surface area contributed by atoms with Crippen LogP contribution in [-0.2, 0) is 0 Å². The van der Waals surface area contributed by atoms with Gasteiger partial charge in [-0.2, -0.15) is 0 Å². The number of thiazole rings is 1. The van der Waals surface area contributed by atoms with Crippen molar-refractivity contribution in [3.05, 3.63) is 63.2 Å². The van der Waals surface area contributed by atoms with Gasteiger partial charge < -0.3 is 4.42 Å².